The van der Waals surface area contributed by atoms with Gasteiger partial charge in [-0.15, -0.1) is 17.5 Å². The minimum Gasteiger partial charge on any atom is -0.333 e. The Morgan fingerprint density at radius 3 is 2.30 bits per heavy atom. The second kappa shape index (κ2) is 10.9. The van der Waals surface area contributed by atoms with Crippen LogP contribution in [0.15, 0.2) is 66.9 Å². The van der Waals surface area contributed by atoms with E-state index in [0.29, 0.717) is 24.8 Å². The summed E-state index contributed by atoms with van der Waals surface area (Å²) >= 11 is 0. The Balaban J connectivity index is 0.00000256. The van der Waals surface area contributed by atoms with Crippen molar-refractivity contribution < 1.29 is 4.79 Å². The molecule has 0 aliphatic carbocycles. The van der Waals surface area contributed by atoms with Crippen molar-refractivity contribution >= 4 is 18.3 Å². The van der Waals surface area contributed by atoms with Crippen LogP contribution in [0.2, 0.25) is 0 Å². The molecule has 2 aromatic carbocycles. The summed E-state index contributed by atoms with van der Waals surface area (Å²) in [6.07, 6.45) is 4.65. The number of aromatic nitrogens is 3. The molecule has 1 aliphatic heterocycles. The second-order valence-electron chi connectivity index (χ2n) is 7.51. The van der Waals surface area contributed by atoms with Gasteiger partial charge in [0.1, 0.15) is 0 Å². The normalized spacial score (nSPS) is 14.1. The molecule has 1 amide bonds. The van der Waals surface area contributed by atoms with Gasteiger partial charge in [0.2, 0.25) is 0 Å². The maximum absolute atomic E-state index is 13.3. The number of nitrogens with zero attached hydrogens (tertiary/aromatic N) is 4. The average Bonchev–Trinajstić information content (AvgIpc) is 3.28. The first-order valence-electron chi connectivity index (χ1n) is 10.3. The highest BCUT2D eigenvalue weighted by Crippen LogP contribution is 2.18. The highest BCUT2D eigenvalue weighted by molar-refractivity contribution is 5.91. The molecule has 1 aliphatic rings. The number of carbonyl (C=O) groups is 1. The number of piperidine rings is 1. The third kappa shape index (κ3) is 5.68. The summed E-state index contributed by atoms with van der Waals surface area (Å²) in [5.74, 6) is -0.0648. The monoisotopic (exact) mass is 425 g/mol. The molecule has 0 saturated carbocycles. The third-order valence-corrected chi connectivity index (χ3v) is 5.43. The molecule has 0 spiro atoms. The molecule has 0 radical (unpaired) electrons. The number of carbonyl (C=O) groups excluding carboxylic acids is 1. The Morgan fingerprint density at radius 1 is 1.00 bits per heavy atom. The van der Waals surface area contributed by atoms with E-state index in [4.69, 9.17) is 0 Å². The summed E-state index contributed by atoms with van der Waals surface area (Å²) in [7, 11) is 0. The van der Waals surface area contributed by atoms with Gasteiger partial charge in [-0.2, -0.15) is 0 Å². The van der Waals surface area contributed by atoms with Crippen LogP contribution in [0.4, 0.5) is 0 Å². The predicted octanol–water partition coefficient (Wildman–Crippen LogP) is 3.51. The fourth-order valence-corrected chi connectivity index (χ4v) is 3.75. The maximum atomic E-state index is 13.3. The molecule has 1 fully saturated rings. The first-order valence-corrected chi connectivity index (χ1v) is 10.3. The fraction of sp³-hybridized carbons (Fsp3) is 0.348. The van der Waals surface area contributed by atoms with Crippen LogP contribution in [0.1, 0.15) is 40.5 Å². The van der Waals surface area contributed by atoms with Crippen LogP contribution in [0, 0.1) is 0 Å². The van der Waals surface area contributed by atoms with Crippen LogP contribution in [-0.4, -0.2) is 45.4 Å². The number of hydrogen-bond donors (Lipinski definition) is 1. The molecule has 1 saturated heterocycles. The largest absolute Gasteiger partial charge is 0.333 e. The minimum atomic E-state index is -0.0648. The van der Waals surface area contributed by atoms with Crippen molar-refractivity contribution in [1.82, 2.24) is 25.2 Å². The third-order valence-electron chi connectivity index (χ3n) is 5.43. The lowest BCUT2D eigenvalue weighted by Crippen LogP contribution is -2.33. The van der Waals surface area contributed by atoms with Crippen molar-refractivity contribution in [2.75, 3.05) is 19.6 Å². The van der Waals surface area contributed by atoms with Crippen LogP contribution >= 0.6 is 12.4 Å². The first kappa shape index (κ1) is 22.0. The molecule has 0 bridgehead atoms. The van der Waals surface area contributed by atoms with E-state index in [-0.39, 0.29) is 18.3 Å². The number of benzene rings is 2. The standard InChI is InChI=1S/C23H27N5O.ClH/c29-23(22-18-28(26-25-22)21-11-14-24-15-12-21)27(17-20-9-5-2-6-10-20)16-13-19-7-3-1-4-8-19;/h1-10,18,21,24H,11-17H2;1H. The van der Waals surface area contributed by atoms with E-state index in [2.05, 4.69) is 39.9 Å². The van der Waals surface area contributed by atoms with Gasteiger partial charge in [-0.25, -0.2) is 4.68 Å². The summed E-state index contributed by atoms with van der Waals surface area (Å²) in [5.41, 5.74) is 2.75. The molecule has 1 N–H and O–H groups in total. The Kier molecular flexibility index (Phi) is 7.99. The van der Waals surface area contributed by atoms with E-state index >= 15 is 0 Å². The molecule has 158 valence electrons. The Labute approximate surface area is 183 Å². The lowest BCUT2D eigenvalue weighted by molar-refractivity contribution is 0.0739. The fourth-order valence-electron chi connectivity index (χ4n) is 3.75. The highest BCUT2D eigenvalue weighted by Gasteiger charge is 2.22. The predicted molar refractivity (Wildman–Crippen MR) is 120 cm³/mol. The van der Waals surface area contributed by atoms with Crippen molar-refractivity contribution in [2.45, 2.75) is 31.8 Å². The second-order valence-corrected chi connectivity index (χ2v) is 7.51. The van der Waals surface area contributed by atoms with E-state index in [0.717, 1.165) is 37.9 Å². The molecule has 30 heavy (non-hydrogen) atoms. The van der Waals surface area contributed by atoms with E-state index in [9.17, 15) is 4.79 Å². The smallest absolute Gasteiger partial charge is 0.276 e. The quantitative estimate of drug-likeness (QED) is 0.629. The maximum Gasteiger partial charge on any atom is 0.276 e. The Bertz CT molecular complexity index is 910. The van der Waals surface area contributed by atoms with Crippen molar-refractivity contribution in [2.24, 2.45) is 0 Å². The lowest BCUT2D eigenvalue weighted by Gasteiger charge is -2.23. The summed E-state index contributed by atoms with van der Waals surface area (Å²) in [4.78, 5) is 15.1. The van der Waals surface area contributed by atoms with E-state index in [1.165, 1.54) is 5.56 Å². The zero-order chi connectivity index (χ0) is 19.9. The molecular formula is C23H28ClN5O. The van der Waals surface area contributed by atoms with Gasteiger partial charge in [-0.1, -0.05) is 65.9 Å². The van der Waals surface area contributed by atoms with Crippen molar-refractivity contribution in [3.8, 4) is 0 Å². The molecule has 0 unspecified atom stereocenters. The molecule has 0 atom stereocenters. The SMILES string of the molecule is Cl.O=C(c1cn(C2CCNCC2)nn1)N(CCc1ccccc1)Cc1ccccc1. The molecular weight excluding hydrogens is 398 g/mol. The van der Waals surface area contributed by atoms with Crippen LogP contribution in [0.3, 0.4) is 0 Å². The summed E-state index contributed by atoms with van der Waals surface area (Å²) in [5, 5.41) is 11.8. The first-order chi connectivity index (χ1) is 14.3. The van der Waals surface area contributed by atoms with E-state index < -0.39 is 0 Å². The molecule has 6 nitrogen and oxygen atoms in total. The van der Waals surface area contributed by atoms with Gasteiger partial charge in [-0.05, 0) is 43.5 Å². The number of amides is 1. The van der Waals surface area contributed by atoms with Gasteiger partial charge in [-0.3, -0.25) is 4.79 Å². The molecule has 4 rings (SSSR count). The molecule has 7 heteroatoms. The van der Waals surface area contributed by atoms with Gasteiger partial charge in [0.15, 0.2) is 5.69 Å². The topological polar surface area (TPSA) is 63.1 Å². The van der Waals surface area contributed by atoms with Gasteiger partial charge in [0, 0.05) is 13.1 Å². The zero-order valence-corrected chi connectivity index (χ0v) is 17.8. The molecule has 2 heterocycles. The van der Waals surface area contributed by atoms with Crippen LogP contribution in [-0.2, 0) is 13.0 Å². The van der Waals surface area contributed by atoms with Crippen LogP contribution in [0.25, 0.3) is 0 Å². The van der Waals surface area contributed by atoms with Crippen LogP contribution in [0.5, 0.6) is 0 Å². The summed E-state index contributed by atoms with van der Waals surface area (Å²) in [6, 6.07) is 20.7. The molecule has 1 aromatic heterocycles. The Hall–Kier alpha value is -2.70. The lowest BCUT2D eigenvalue weighted by atomic mass is 10.1. The highest BCUT2D eigenvalue weighted by atomic mass is 35.5. The summed E-state index contributed by atoms with van der Waals surface area (Å²) in [6.45, 7) is 3.15. The summed E-state index contributed by atoms with van der Waals surface area (Å²) < 4.78 is 1.87. The van der Waals surface area contributed by atoms with Gasteiger partial charge >= 0.3 is 0 Å². The van der Waals surface area contributed by atoms with E-state index in [1.54, 1.807) is 0 Å². The number of nitrogens with one attached hydrogen (secondary N) is 1. The van der Waals surface area contributed by atoms with Gasteiger partial charge in [0.05, 0.1) is 12.2 Å². The average molecular weight is 426 g/mol. The number of halogens is 1. The van der Waals surface area contributed by atoms with Crippen molar-refractivity contribution in [3.05, 3.63) is 83.7 Å². The van der Waals surface area contributed by atoms with Gasteiger partial charge < -0.3 is 10.2 Å². The van der Waals surface area contributed by atoms with Gasteiger partial charge in [0.25, 0.3) is 5.91 Å². The van der Waals surface area contributed by atoms with Crippen molar-refractivity contribution in [1.29, 1.82) is 0 Å². The zero-order valence-electron chi connectivity index (χ0n) is 17.0. The minimum absolute atomic E-state index is 0. The van der Waals surface area contributed by atoms with E-state index in [1.807, 2.05) is 52.2 Å². The number of hydrogen-bond acceptors (Lipinski definition) is 4. The van der Waals surface area contributed by atoms with Crippen LogP contribution < -0.4 is 5.32 Å². The number of rotatable bonds is 7. The molecule has 3 aromatic rings. The Morgan fingerprint density at radius 2 is 1.63 bits per heavy atom. The van der Waals surface area contributed by atoms with Crippen molar-refractivity contribution in [3.63, 3.8) is 0 Å².